The molecule has 0 bridgehead atoms. The molecular formula is C14H13F3N2. The summed E-state index contributed by atoms with van der Waals surface area (Å²) in [5.41, 5.74) is 1.24. The molecule has 2 aromatic rings. The van der Waals surface area contributed by atoms with Crippen molar-refractivity contribution in [1.29, 1.82) is 0 Å². The number of anilines is 1. The molecule has 0 aliphatic carbocycles. The molecule has 100 valence electrons. The number of hydrogen-bond donors (Lipinski definition) is 1. The van der Waals surface area contributed by atoms with Crippen LogP contribution in [0, 0.1) is 6.92 Å². The van der Waals surface area contributed by atoms with Gasteiger partial charge in [0.15, 0.2) is 0 Å². The molecule has 19 heavy (non-hydrogen) atoms. The molecular weight excluding hydrogens is 253 g/mol. The van der Waals surface area contributed by atoms with Gasteiger partial charge in [-0.15, -0.1) is 0 Å². The molecule has 0 unspecified atom stereocenters. The Hall–Kier alpha value is -2.04. The molecule has 0 amide bonds. The van der Waals surface area contributed by atoms with Crippen LogP contribution in [-0.4, -0.2) is 4.98 Å². The van der Waals surface area contributed by atoms with Crippen LogP contribution in [0.15, 0.2) is 42.7 Å². The largest absolute Gasteiger partial charge is 0.418 e. The summed E-state index contributed by atoms with van der Waals surface area (Å²) in [6, 6.07) is 7.33. The van der Waals surface area contributed by atoms with Gasteiger partial charge < -0.3 is 5.32 Å². The van der Waals surface area contributed by atoms with E-state index in [1.807, 2.05) is 13.0 Å². The van der Waals surface area contributed by atoms with Crippen molar-refractivity contribution in [3.05, 3.63) is 59.4 Å². The lowest BCUT2D eigenvalue weighted by Gasteiger charge is -2.14. The lowest BCUT2D eigenvalue weighted by atomic mass is 10.1. The molecule has 2 rings (SSSR count). The molecule has 0 spiro atoms. The van der Waals surface area contributed by atoms with Gasteiger partial charge in [0.2, 0.25) is 0 Å². The Balaban J connectivity index is 2.16. The zero-order valence-corrected chi connectivity index (χ0v) is 10.3. The van der Waals surface area contributed by atoms with Crippen molar-refractivity contribution in [1.82, 2.24) is 4.98 Å². The van der Waals surface area contributed by atoms with Gasteiger partial charge in [-0.2, -0.15) is 13.2 Å². The van der Waals surface area contributed by atoms with Gasteiger partial charge in [0, 0.05) is 24.6 Å². The lowest BCUT2D eigenvalue weighted by molar-refractivity contribution is -0.136. The first-order valence-electron chi connectivity index (χ1n) is 5.77. The van der Waals surface area contributed by atoms with Crippen molar-refractivity contribution in [3.8, 4) is 0 Å². The van der Waals surface area contributed by atoms with Gasteiger partial charge in [-0.25, -0.2) is 0 Å². The van der Waals surface area contributed by atoms with Crippen LogP contribution in [0.5, 0.6) is 0 Å². The lowest BCUT2D eigenvalue weighted by Crippen LogP contribution is -2.10. The quantitative estimate of drug-likeness (QED) is 0.907. The van der Waals surface area contributed by atoms with Crippen LogP contribution in [0.4, 0.5) is 18.9 Å². The highest BCUT2D eigenvalue weighted by molar-refractivity contribution is 5.52. The van der Waals surface area contributed by atoms with E-state index in [2.05, 4.69) is 10.3 Å². The first kappa shape index (κ1) is 13.4. The number of pyridine rings is 1. The van der Waals surface area contributed by atoms with E-state index in [0.717, 1.165) is 17.2 Å². The molecule has 0 fully saturated rings. The minimum atomic E-state index is -4.35. The van der Waals surface area contributed by atoms with Gasteiger partial charge in [0.05, 0.1) is 5.56 Å². The van der Waals surface area contributed by atoms with Crippen LogP contribution in [0.25, 0.3) is 0 Å². The van der Waals surface area contributed by atoms with Crippen molar-refractivity contribution in [2.24, 2.45) is 0 Å². The van der Waals surface area contributed by atoms with Crippen molar-refractivity contribution in [2.45, 2.75) is 19.6 Å². The minimum absolute atomic E-state index is 0.0801. The van der Waals surface area contributed by atoms with Gasteiger partial charge in [-0.1, -0.05) is 18.2 Å². The van der Waals surface area contributed by atoms with Crippen LogP contribution in [0.3, 0.4) is 0 Å². The summed E-state index contributed by atoms with van der Waals surface area (Å²) >= 11 is 0. The molecule has 1 aromatic heterocycles. The summed E-state index contributed by atoms with van der Waals surface area (Å²) in [4.78, 5) is 4.01. The zero-order valence-electron chi connectivity index (χ0n) is 10.3. The smallest absolute Gasteiger partial charge is 0.380 e. The maximum absolute atomic E-state index is 12.8. The number of benzene rings is 1. The fourth-order valence-electron chi connectivity index (χ4n) is 1.80. The molecule has 5 heteroatoms. The molecule has 1 aromatic carbocycles. The Kier molecular flexibility index (Phi) is 3.74. The Morgan fingerprint density at radius 2 is 1.89 bits per heavy atom. The average molecular weight is 266 g/mol. The summed E-state index contributed by atoms with van der Waals surface area (Å²) in [5.74, 6) is 0. The number of para-hydroxylation sites is 1. The third-order valence-electron chi connectivity index (χ3n) is 2.65. The second-order valence-electron chi connectivity index (χ2n) is 4.27. The second kappa shape index (κ2) is 5.30. The molecule has 0 saturated heterocycles. The van der Waals surface area contributed by atoms with Crippen LogP contribution in [0.1, 0.15) is 16.7 Å². The number of rotatable bonds is 3. The SMILES string of the molecule is Cc1cncc(CNc2ccccc2C(F)(F)F)c1. The number of aryl methyl sites for hydroxylation is 1. The predicted molar refractivity (Wildman–Crippen MR) is 67.7 cm³/mol. The second-order valence-corrected chi connectivity index (χ2v) is 4.27. The number of aromatic nitrogens is 1. The van der Waals surface area contributed by atoms with Crippen LogP contribution >= 0.6 is 0 Å². The van der Waals surface area contributed by atoms with Gasteiger partial charge in [0.1, 0.15) is 0 Å². The Labute approximate surface area is 109 Å². The number of nitrogens with one attached hydrogen (secondary N) is 1. The Morgan fingerprint density at radius 1 is 1.16 bits per heavy atom. The molecule has 0 atom stereocenters. The van der Waals surface area contributed by atoms with Gasteiger partial charge in [-0.05, 0) is 30.2 Å². The van der Waals surface area contributed by atoms with Gasteiger partial charge >= 0.3 is 6.18 Å². The fraction of sp³-hybridized carbons (Fsp3) is 0.214. The summed E-state index contributed by atoms with van der Waals surface area (Å²) in [6.07, 6.45) is -1.02. The molecule has 1 heterocycles. The highest BCUT2D eigenvalue weighted by atomic mass is 19.4. The van der Waals surface area contributed by atoms with E-state index in [0.29, 0.717) is 6.54 Å². The van der Waals surface area contributed by atoms with Crippen LogP contribution < -0.4 is 5.32 Å². The van der Waals surface area contributed by atoms with Gasteiger partial charge in [0.25, 0.3) is 0 Å². The monoisotopic (exact) mass is 266 g/mol. The third kappa shape index (κ3) is 3.47. The molecule has 1 N–H and O–H groups in total. The number of halogens is 3. The predicted octanol–water partition coefficient (Wildman–Crippen LogP) is 4.02. The fourth-order valence-corrected chi connectivity index (χ4v) is 1.80. The molecule has 0 aliphatic heterocycles. The summed E-state index contributed by atoms with van der Waals surface area (Å²) < 4.78 is 38.4. The van der Waals surface area contributed by atoms with Crippen molar-refractivity contribution in [3.63, 3.8) is 0 Å². The van der Waals surface area contributed by atoms with E-state index >= 15 is 0 Å². The molecule has 0 radical (unpaired) electrons. The van der Waals surface area contributed by atoms with Crippen molar-refractivity contribution in [2.75, 3.05) is 5.32 Å². The first-order chi connectivity index (χ1) is 8.97. The number of alkyl halides is 3. The maximum atomic E-state index is 12.8. The van der Waals surface area contributed by atoms with Crippen molar-refractivity contribution < 1.29 is 13.2 Å². The maximum Gasteiger partial charge on any atom is 0.418 e. The highest BCUT2D eigenvalue weighted by Gasteiger charge is 2.32. The van der Waals surface area contributed by atoms with Crippen LogP contribution in [-0.2, 0) is 12.7 Å². The molecule has 2 nitrogen and oxygen atoms in total. The van der Waals surface area contributed by atoms with Crippen molar-refractivity contribution >= 4 is 5.69 Å². The third-order valence-corrected chi connectivity index (χ3v) is 2.65. The highest BCUT2D eigenvalue weighted by Crippen LogP contribution is 2.34. The standard InChI is InChI=1S/C14H13F3N2/c1-10-6-11(8-18-7-10)9-19-13-5-3-2-4-12(13)14(15,16)17/h2-8,19H,9H2,1H3. The minimum Gasteiger partial charge on any atom is -0.380 e. The molecule has 0 saturated carbocycles. The van der Waals surface area contributed by atoms with Gasteiger partial charge in [-0.3, -0.25) is 4.98 Å². The van der Waals surface area contributed by atoms with E-state index in [9.17, 15) is 13.2 Å². The summed E-state index contributed by atoms with van der Waals surface area (Å²) in [7, 11) is 0. The zero-order chi connectivity index (χ0) is 13.9. The van der Waals surface area contributed by atoms with E-state index in [1.165, 1.54) is 12.1 Å². The molecule has 0 aliphatic rings. The summed E-state index contributed by atoms with van der Waals surface area (Å²) in [6.45, 7) is 2.20. The van der Waals surface area contributed by atoms with E-state index < -0.39 is 11.7 Å². The van der Waals surface area contributed by atoms with Crippen LogP contribution in [0.2, 0.25) is 0 Å². The summed E-state index contributed by atoms with van der Waals surface area (Å²) in [5, 5.41) is 2.80. The van der Waals surface area contributed by atoms with E-state index in [1.54, 1.807) is 18.5 Å². The normalized spacial score (nSPS) is 11.4. The first-order valence-corrected chi connectivity index (χ1v) is 5.77. The Bertz CT molecular complexity index is 565. The number of nitrogens with zero attached hydrogens (tertiary/aromatic N) is 1. The number of hydrogen-bond acceptors (Lipinski definition) is 2. The van der Waals surface area contributed by atoms with E-state index in [4.69, 9.17) is 0 Å². The topological polar surface area (TPSA) is 24.9 Å². The Morgan fingerprint density at radius 3 is 2.58 bits per heavy atom. The van der Waals surface area contributed by atoms with E-state index in [-0.39, 0.29) is 5.69 Å². The average Bonchev–Trinajstić information content (AvgIpc) is 2.36.